The molecule has 0 aliphatic carbocycles. The van der Waals surface area contributed by atoms with Crippen LogP contribution in [0.4, 0.5) is 5.69 Å². The molecule has 2 amide bonds. The van der Waals surface area contributed by atoms with Gasteiger partial charge in [-0.2, -0.15) is 0 Å². The second kappa shape index (κ2) is 7.20. The molecule has 0 aliphatic rings. The number of carbonyl (C=O) groups excluding carboxylic acids is 2. The molecule has 0 heterocycles. The van der Waals surface area contributed by atoms with Crippen molar-refractivity contribution in [3.63, 3.8) is 0 Å². The van der Waals surface area contributed by atoms with Gasteiger partial charge in [0.2, 0.25) is 5.91 Å². The van der Waals surface area contributed by atoms with Gasteiger partial charge >= 0.3 is 5.69 Å². The predicted octanol–water partition coefficient (Wildman–Crippen LogP) is 0.231. The standard InChI is InChI=1S/C12H16N4O5/c1-2-3-10(12(18)15-14)21-9-5-4-7(11(13)17)6-8(9)16(19)20/h4-6,10H,2-3,14H2,1H3,(H2,13,17)(H,15,18). The highest BCUT2D eigenvalue weighted by Gasteiger charge is 2.24. The Morgan fingerprint density at radius 1 is 1.48 bits per heavy atom. The first-order valence-electron chi connectivity index (χ1n) is 6.16. The van der Waals surface area contributed by atoms with Crippen molar-refractivity contribution in [2.24, 2.45) is 11.6 Å². The molecule has 1 aromatic rings. The number of hydrogen-bond acceptors (Lipinski definition) is 6. The first kappa shape index (κ1) is 16.4. The van der Waals surface area contributed by atoms with Crippen LogP contribution in [0.25, 0.3) is 0 Å². The average Bonchev–Trinajstić information content (AvgIpc) is 2.45. The highest BCUT2D eigenvalue weighted by molar-refractivity contribution is 5.93. The molecule has 0 aliphatic heterocycles. The minimum absolute atomic E-state index is 0.0237. The molecule has 21 heavy (non-hydrogen) atoms. The van der Waals surface area contributed by atoms with Crippen LogP contribution in [0, 0.1) is 10.1 Å². The van der Waals surface area contributed by atoms with E-state index >= 15 is 0 Å². The van der Waals surface area contributed by atoms with E-state index < -0.39 is 28.5 Å². The van der Waals surface area contributed by atoms with Gasteiger partial charge < -0.3 is 10.5 Å². The maximum absolute atomic E-state index is 11.6. The molecule has 0 fully saturated rings. The third-order valence-electron chi connectivity index (χ3n) is 2.69. The highest BCUT2D eigenvalue weighted by atomic mass is 16.6. The van der Waals surface area contributed by atoms with Crippen molar-refractivity contribution in [3.05, 3.63) is 33.9 Å². The summed E-state index contributed by atoms with van der Waals surface area (Å²) in [6, 6.07) is 3.51. The molecule has 0 bridgehead atoms. The Hall–Kier alpha value is -2.68. The molecule has 0 saturated heterocycles. The lowest BCUT2D eigenvalue weighted by molar-refractivity contribution is -0.386. The van der Waals surface area contributed by atoms with Gasteiger partial charge in [-0.15, -0.1) is 0 Å². The van der Waals surface area contributed by atoms with Crippen LogP contribution in [0.3, 0.4) is 0 Å². The number of nitro benzene ring substituents is 1. The maximum atomic E-state index is 11.6. The lowest BCUT2D eigenvalue weighted by Crippen LogP contribution is -2.42. The molecule has 1 rings (SSSR count). The number of nitro groups is 1. The number of ether oxygens (including phenoxy) is 1. The summed E-state index contributed by atoms with van der Waals surface area (Å²) in [5.74, 6) is 3.52. The number of hydrazine groups is 1. The van der Waals surface area contributed by atoms with Crippen molar-refractivity contribution in [3.8, 4) is 5.75 Å². The number of hydrogen-bond donors (Lipinski definition) is 3. The minimum atomic E-state index is -0.960. The zero-order valence-electron chi connectivity index (χ0n) is 11.4. The van der Waals surface area contributed by atoms with Gasteiger partial charge in [0.25, 0.3) is 5.91 Å². The largest absolute Gasteiger partial charge is 0.473 e. The first-order chi connectivity index (χ1) is 9.90. The number of nitrogens with two attached hydrogens (primary N) is 2. The number of primary amides is 1. The Morgan fingerprint density at radius 3 is 2.62 bits per heavy atom. The third-order valence-corrected chi connectivity index (χ3v) is 2.69. The number of nitrogens with one attached hydrogen (secondary N) is 1. The van der Waals surface area contributed by atoms with E-state index in [0.717, 1.165) is 6.07 Å². The number of benzene rings is 1. The van der Waals surface area contributed by atoms with E-state index in [-0.39, 0.29) is 11.3 Å². The van der Waals surface area contributed by atoms with Gasteiger partial charge in [0.05, 0.1) is 4.92 Å². The molecule has 1 unspecified atom stereocenters. The lowest BCUT2D eigenvalue weighted by Gasteiger charge is -2.16. The van der Waals surface area contributed by atoms with Gasteiger partial charge in [-0.25, -0.2) is 5.84 Å². The highest BCUT2D eigenvalue weighted by Crippen LogP contribution is 2.29. The zero-order chi connectivity index (χ0) is 16.0. The SMILES string of the molecule is CCCC(Oc1ccc(C(N)=O)cc1[N+](=O)[O-])C(=O)NN. The van der Waals surface area contributed by atoms with Crippen LogP contribution in [-0.4, -0.2) is 22.8 Å². The summed E-state index contributed by atoms with van der Waals surface area (Å²) in [5, 5.41) is 11.0. The summed E-state index contributed by atoms with van der Waals surface area (Å²) >= 11 is 0. The van der Waals surface area contributed by atoms with Gasteiger partial charge in [0.15, 0.2) is 11.9 Å². The fourth-order valence-corrected chi connectivity index (χ4v) is 1.66. The number of amides is 2. The van der Waals surface area contributed by atoms with E-state index in [1.807, 2.05) is 12.3 Å². The molecule has 0 saturated carbocycles. The summed E-state index contributed by atoms with van der Waals surface area (Å²) in [5.41, 5.74) is 6.54. The van der Waals surface area contributed by atoms with Crippen molar-refractivity contribution in [1.82, 2.24) is 5.43 Å². The van der Waals surface area contributed by atoms with Crippen molar-refractivity contribution in [1.29, 1.82) is 0 Å². The Kier molecular flexibility index (Phi) is 5.61. The summed E-state index contributed by atoms with van der Waals surface area (Å²) in [6.07, 6.45) is -0.0126. The molecule has 114 valence electrons. The van der Waals surface area contributed by atoms with Crippen molar-refractivity contribution in [2.45, 2.75) is 25.9 Å². The summed E-state index contributed by atoms with van der Waals surface area (Å²) < 4.78 is 5.35. The van der Waals surface area contributed by atoms with E-state index in [9.17, 15) is 19.7 Å². The number of nitrogens with zero attached hydrogens (tertiary/aromatic N) is 1. The second-order valence-electron chi connectivity index (χ2n) is 4.21. The van der Waals surface area contributed by atoms with Crippen LogP contribution >= 0.6 is 0 Å². The van der Waals surface area contributed by atoms with Crippen LogP contribution in [0.1, 0.15) is 30.1 Å². The molecule has 1 atom stereocenters. The zero-order valence-corrected chi connectivity index (χ0v) is 11.4. The van der Waals surface area contributed by atoms with E-state index in [1.54, 1.807) is 0 Å². The Balaban J connectivity index is 3.13. The van der Waals surface area contributed by atoms with Crippen LogP contribution < -0.4 is 21.7 Å². The molecule has 0 aromatic heterocycles. The van der Waals surface area contributed by atoms with E-state index in [2.05, 4.69) is 0 Å². The smallest absolute Gasteiger partial charge is 0.311 e. The Morgan fingerprint density at radius 2 is 2.14 bits per heavy atom. The van der Waals surface area contributed by atoms with Crippen molar-refractivity contribution < 1.29 is 19.2 Å². The van der Waals surface area contributed by atoms with Crippen LogP contribution in [0.5, 0.6) is 5.75 Å². The number of rotatable bonds is 7. The van der Waals surface area contributed by atoms with E-state index in [4.69, 9.17) is 16.3 Å². The van der Waals surface area contributed by atoms with Gasteiger partial charge in [-0.3, -0.25) is 25.1 Å². The van der Waals surface area contributed by atoms with Gasteiger partial charge in [-0.1, -0.05) is 13.3 Å². The molecular formula is C12H16N4O5. The van der Waals surface area contributed by atoms with Crippen molar-refractivity contribution in [2.75, 3.05) is 0 Å². The average molecular weight is 296 g/mol. The van der Waals surface area contributed by atoms with Gasteiger partial charge in [0, 0.05) is 11.6 Å². The van der Waals surface area contributed by atoms with E-state index in [0.29, 0.717) is 12.8 Å². The quantitative estimate of drug-likeness (QED) is 0.283. The molecule has 1 aromatic carbocycles. The molecule has 9 heteroatoms. The topological polar surface area (TPSA) is 151 Å². The molecule has 9 nitrogen and oxygen atoms in total. The fourth-order valence-electron chi connectivity index (χ4n) is 1.66. The maximum Gasteiger partial charge on any atom is 0.311 e. The minimum Gasteiger partial charge on any atom is -0.473 e. The normalized spacial score (nSPS) is 11.5. The van der Waals surface area contributed by atoms with Crippen LogP contribution in [0.2, 0.25) is 0 Å². The lowest BCUT2D eigenvalue weighted by atomic mass is 10.1. The van der Waals surface area contributed by atoms with Crippen LogP contribution in [0.15, 0.2) is 18.2 Å². The number of carbonyl (C=O) groups is 2. The summed E-state index contributed by atoms with van der Waals surface area (Å²) in [4.78, 5) is 32.9. The monoisotopic (exact) mass is 296 g/mol. The summed E-state index contributed by atoms with van der Waals surface area (Å²) in [7, 11) is 0. The molecule has 0 radical (unpaired) electrons. The van der Waals surface area contributed by atoms with Crippen LogP contribution in [-0.2, 0) is 4.79 Å². The second-order valence-corrected chi connectivity index (χ2v) is 4.21. The van der Waals surface area contributed by atoms with Crippen molar-refractivity contribution >= 4 is 17.5 Å². The Labute approximate surface area is 120 Å². The van der Waals surface area contributed by atoms with Gasteiger partial charge in [-0.05, 0) is 18.6 Å². The third kappa shape index (κ3) is 4.14. The Bertz CT molecular complexity index is 561. The predicted molar refractivity (Wildman–Crippen MR) is 73.3 cm³/mol. The summed E-state index contributed by atoms with van der Waals surface area (Å²) in [6.45, 7) is 1.82. The fraction of sp³-hybridized carbons (Fsp3) is 0.333. The van der Waals surface area contributed by atoms with E-state index in [1.165, 1.54) is 12.1 Å². The molecular weight excluding hydrogens is 280 g/mol. The first-order valence-corrected chi connectivity index (χ1v) is 6.16. The molecule has 5 N–H and O–H groups in total. The van der Waals surface area contributed by atoms with Gasteiger partial charge in [0.1, 0.15) is 0 Å². The molecule has 0 spiro atoms.